The lowest BCUT2D eigenvalue weighted by Gasteiger charge is -2.26. The van der Waals surface area contributed by atoms with Crippen LogP contribution in [0.25, 0.3) is 10.7 Å². The Morgan fingerprint density at radius 2 is 2.14 bits per heavy atom. The van der Waals surface area contributed by atoms with Gasteiger partial charge in [0.05, 0.1) is 10.6 Å². The van der Waals surface area contributed by atoms with Gasteiger partial charge in [-0.2, -0.15) is 0 Å². The molecule has 5 nitrogen and oxygen atoms in total. The number of amides is 1. The SMILES string of the molecule is CCn1c(SCC(=O)N2CCCCC2)nnc1-c1cccs1. The second-order valence-corrected chi connectivity index (χ2v) is 7.15. The van der Waals surface area contributed by atoms with Crippen molar-refractivity contribution in [3.05, 3.63) is 17.5 Å². The number of nitrogens with zero attached hydrogens (tertiary/aromatic N) is 4. The van der Waals surface area contributed by atoms with Crippen molar-refractivity contribution in [3.63, 3.8) is 0 Å². The summed E-state index contributed by atoms with van der Waals surface area (Å²) in [5, 5.41) is 11.4. The summed E-state index contributed by atoms with van der Waals surface area (Å²) < 4.78 is 2.08. The number of thiophene rings is 1. The minimum absolute atomic E-state index is 0.216. The van der Waals surface area contributed by atoms with E-state index in [1.165, 1.54) is 18.2 Å². The van der Waals surface area contributed by atoms with Gasteiger partial charge in [0.25, 0.3) is 0 Å². The molecule has 7 heteroatoms. The molecule has 1 fully saturated rings. The van der Waals surface area contributed by atoms with E-state index in [0.29, 0.717) is 5.75 Å². The molecule has 2 aromatic heterocycles. The third kappa shape index (κ3) is 3.35. The highest BCUT2D eigenvalue weighted by atomic mass is 32.2. The fourth-order valence-corrected chi connectivity index (χ4v) is 4.25. The van der Waals surface area contributed by atoms with Crippen LogP contribution < -0.4 is 0 Å². The zero-order valence-electron chi connectivity index (χ0n) is 12.7. The number of hydrogen-bond donors (Lipinski definition) is 0. The first-order valence-corrected chi connectivity index (χ1v) is 9.53. The van der Waals surface area contributed by atoms with Gasteiger partial charge in [-0.15, -0.1) is 21.5 Å². The van der Waals surface area contributed by atoms with E-state index in [1.807, 2.05) is 22.4 Å². The monoisotopic (exact) mass is 336 g/mol. The van der Waals surface area contributed by atoms with Gasteiger partial charge in [-0.1, -0.05) is 17.8 Å². The third-order valence-electron chi connectivity index (χ3n) is 3.81. The van der Waals surface area contributed by atoms with Crippen molar-refractivity contribution in [2.24, 2.45) is 0 Å². The summed E-state index contributed by atoms with van der Waals surface area (Å²) in [6.07, 6.45) is 3.50. The Bertz CT molecular complexity index is 618. The van der Waals surface area contributed by atoms with Crippen LogP contribution in [0.2, 0.25) is 0 Å². The molecule has 0 radical (unpaired) electrons. The molecule has 0 bridgehead atoms. The summed E-state index contributed by atoms with van der Waals surface area (Å²) in [7, 11) is 0. The summed E-state index contributed by atoms with van der Waals surface area (Å²) in [4.78, 5) is 15.3. The van der Waals surface area contributed by atoms with Crippen LogP contribution in [0.4, 0.5) is 0 Å². The lowest BCUT2D eigenvalue weighted by Crippen LogP contribution is -2.36. The first-order chi connectivity index (χ1) is 10.8. The Morgan fingerprint density at radius 3 is 2.82 bits per heavy atom. The Kier molecular flexibility index (Phi) is 5.15. The zero-order chi connectivity index (χ0) is 15.4. The van der Waals surface area contributed by atoms with Gasteiger partial charge in [0.2, 0.25) is 5.91 Å². The van der Waals surface area contributed by atoms with E-state index in [2.05, 4.69) is 21.7 Å². The second kappa shape index (κ2) is 7.28. The zero-order valence-corrected chi connectivity index (χ0v) is 14.3. The summed E-state index contributed by atoms with van der Waals surface area (Å²) in [6, 6.07) is 4.07. The van der Waals surface area contributed by atoms with E-state index in [-0.39, 0.29) is 5.91 Å². The Balaban J connectivity index is 1.66. The molecule has 0 aliphatic carbocycles. The van der Waals surface area contributed by atoms with E-state index in [0.717, 1.165) is 48.3 Å². The average Bonchev–Trinajstić information content (AvgIpc) is 3.22. The second-order valence-electron chi connectivity index (χ2n) is 5.26. The molecule has 2 aromatic rings. The van der Waals surface area contributed by atoms with Crippen molar-refractivity contribution < 1.29 is 4.79 Å². The van der Waals surface area contributed by atoms with Crippen LogP contribution in [0.3, 0.4) is 0 Å². The van der Waals surface area contributed by atoms with Crippen molar-refractivity contribution in [1.82, 2.24) is 19.7 Å². The number of piperidine rings is 1. The predicted molar refractivity (Wildman–Crippen MR) is 90.2 cm³/mol. The Hall–Kier alpha value is -1.34. The van der Waals surface area contributed by atoms with Crippen molar-refractivity contribution in [3.8, 4) is 10.7 Å². The van der Waals surface area contributed by atoms with Crippen LogP contribution in [0.5, 0.6) is 0 Å². The Morgan fingerprint density at radius 1 is 1.32 bits per heavy atom. The number of carbonyl (C=O) groups is 1. The lowest BCUT2D eigenvalue weighted by atomic mass is 10.1. The summed E-state index contributed by atoms with van der Waals surface area (Å²) >= 11 is 3.15. The molecule has 1 aliphatic rings. The van der Waals surface area contributed by atoms with Crippen LogP contribution in [0.15, 0.2) is 22.7 Å². The van der Waals surface area contributed by atoms with Crippen molar-refractivity contribution in [2.45, 2.75) is 37.9 Å². The highest BCUT2D eigenvalue weighted by Gasteiger charge is 2.19. The maximum atomic E-state index is 12.3. The standard InChI is InChI=1S/C15H20N4OS2/c1-2-19-14(12-7-6-10-21-12)16-17-15(19)22-11-13(20)18-8-4-3-5-9-18/h6-7,10H,2-5,8-9,11H2,1H3. The fourth-order valence-electron chi connectivity index (χ4n) is 2.63. The Labute approximate surface area is 138 Å². The summed E-state index contributed by atoms with van der Waals surface area (Å²) in [5.41, 5.74) is 0. The topological polar surface area (TPSA) is 51.0 Å². The van der Waals surface area contributed by atoms with Gasteiger partial charge in [-0.3, -0.25) is 4.79 Å². The molecular formula is C15H20N4OS2. The number of rotatable bonds is 5. The van der Waals surface area contributed by atoms with E-state index < -0.39 is 0 Å². The number of likely N-dealkylation sites (tertiary alicyclic amines) is 1. The van der Waals surface area contributed by atoms with Crippen LogP contribution in [0, 0.1) is 0 Å². The number of aromatic nitrogens is 3. The number of thioether (sulfide) groups is 1. The lowest BCUT2D eigenvalue weighted by molar-refractivity contribution is -0.129. The first-order valence-electron chi connectivity index (χ1n) is 7.67. The summed E-state index contributed by atoms with van der Waals surface area (Å²) in [6.45, 7) is 4.69. The quantitative estimate of drug-likeness (QED) is 0.787. The van der Waals surface area contributed by atoms with Crippen LogP contribution in [-0.4, -0.2) is 44.4 Å². The normalized spacial score (nSPS) is 15.2. The molecule has 0 saturated carbocycles. The van der Waals surface area contributed by atoms with E-state index in [1.54, 1.807) is 11.3 Å². The van der Waals surface area contributed by atoms with Crippen LogP contribution in [0.1, 0.15) is 26.2 Å². The largest absolute Gasteiger partial charge is 0.342 e. The third-order valence-corrected chi connectivity index (χ3v) is 5.63. The molecule has 22 heavy (non-hydrogen) atoms. The minimum Gasteiger partial charge on any atom is -0.342 e. The van der Waals surface area contributed by atoms with E-state index in [4.69, 9.17) is 0 Å². The van der Waals surface area contributed by atoms with Gasteiger partial charge in [-0.25, -0.2) is 0 Å². The smallest absolute Gasteiger partial charge is 0.233 e. The van der Waals surface area contributed by atoms with Gasteiger partial charge in [-0.05, 0) is 37.6 Å². The molecule has 118 valence electrons. The minimum atomic E-state index is 0.216. The van der Waals surface area contributed by atoms with Gasteiger partial charge in [0.15, 0.2) is 11.0 Å². The van der Waals surface area contributed by atoms with Crippen molar-refractivity contribution in [2.75, 3.05) is 18.8 Å². The van der Waals surface area contributed by atoms with Crippen molar-refractivity contribution >= 4 is 29.0 Å². The number of carbonyl (C=O) groups excluding carboxylic acids is 1. The van der Waals surface area contributed by atoms with Crippen molar-refractivity contribution in [1.29, 1.82) is 0 Å². The highest BCUT2D eigenvalue weighted by molar-refractivity contribution is 7.99. The molecule has 0 unspecified atom stereocenters. The molecule has 0 atom stereocenters. The summed E-state index contributed by atoms with van der Waals surface area (Å²) in [5.74, 6) is 1.56. The fraction of sp³-hybridized carbons (Fsp3) is 0.533. The van der Waals surface area contributed by atoms with Gasteiger partial charge in [0.1, 0.15) is 0 Å². The van der Waals surface area contributed by atoms with Gasteiger partial charge < -0.3 is 9.47 Å². The molecule has 1 amide bonds. The van der Waals surface area contributed by atoms with Gasteiger partial charge in [0, 0.05) is 19.6 Å². The maximum Gasteiger partial charge on any atom is 0.233 e. The van der Waals surface area contributed by atoms with E-state index >= 15 is 0 Å². The molecule has 0 spiro atoms. The van der Waals surface area contributed by atoms with E-state index in [9.17, 15) is 4.79 Å². The molecule has 3 heterocycles. The molecule has 1 saturated heterocycles. The molecule has 3 rings (SSSR count). The number of hydrogen-bond acceptors (Lipinski definition) is 5. The molecule has 0 aromatic carbocycles. The maximum absolute atomic E-state index is 12.3. The average molecular weight is 336 g/mol. The van der Waals surface area contributed by atoms with Gasteiger partial charge >= 0.3 is 0 Å². The van der Waals surface area contributed by atoms with Crippen LogP contribution in [-0.2, 0) is 11.3 Å². The predicted octanol–water partition coefficient (Wildman–Crippen LogP) is 3.13. The molecular weight excluding hydrogens is 316 g/mol. The van der Waals surface area contributed by atoms with Crippen LogP contribution >= 0.6 is 23.1 Å². The first kappa shape index (κ1) is 15.6. The molecule has 1 aliphatic heterocycles. The highest BCUT2D eigenvalue weighted by Crippen LogP contribution is 2.27. The molecule has 0 N–H and O–H groups in total.